The van der Waals surface area contributed by atoms with E-state index in [-0.39, 0.29) is 22.2 Å². The predicted octanol–water partition coefficient (Wildman–Crippen LogP) is 6.63. The lowest BCUT2D eigenvalue weighted by Gasteiger charge is -2.31. The monoisotopic (exact) mass is 565 g/mol. The zero-order valence-corrected chi connectivity index (χ0v) is 22.3. The van der Waals surface area contributed by atoms with Crippen LogP contribution in [0.5, 0.6) is 0 Å². The number of nitrogens with one attached hydrogen (secondary N) is 1. The van der Waals surface area contributed by atoms with Gasteiger partial charge in [0.15, 0.2) is 0 Å². The topological polar surface area (TPSA) is 88.6 Å². The second kappa shape index (κ2) is 11.6. The summed E-state index contributed by atoms with van der Waals surface area (Å²) >= 11 is 2.25. The van der Waals surface area contributed by atoms with Crippen molar-refractivity contribution in [3.8, 4) is 10.4 Å². The van der Waals surface area contributed by atoms with Gasteiger partial charge in [-0.25, -0.2) is 9.78 Å². The number of anilines is 2. The van der Waals surface area contributed by atoms with Crippen molar-refractivity contribution >= 4 is 51.8 Å². The number of thiophene rings is 1. The fourth-order valence-corrected chi connectivity index (χ4v) is 6.01. The number of esters is 1. The van der Waals surface area contributed by atoms with E-state index in [0.717, 1.165) is 31.3 Å². The molecule has 0 aliphatic heterocycles. The molecule has 1 N–H and O–H groups in total. The molecular formula is C26H26F3N3O4S2. The first-order chi connectivity index (χ1) is 18.1. The van der Waals surface area contributed by atoms with Crippen LogP contribution in [0, 0.1) is 11.8 Å². The lowest BCUT2D eigenvalue weighted by Crippen LogP contribution is -2.43. The minimum atomic E-state index is -4.66. The van der Waals surface area contributed by atoms with Gasteiger partial charge in [-0.05, 0) is 55.4 Å². The minimum Gasteiger partial charge on any atom is -0.465 e. The summed E-state index contributed by atoms with van der Waals surface area (Å²) in [5.41, 5.74) is 2.82. The molecule has 1 aliphatic carbocycles. The van der Waals surface area contributed by atoms with Gasteiger partial charge in [-0.1, -0.05) is 19.1 Å². The van der Waals surface area contributed by atoms with Crippen LogP contribution in [-0.2, 0) is 9.53 Å². The second-order valence-electron chi connectivity index (χ2n) is 9.22. The average Bonchev–Trinajstić information content (AvgIpc) is 3.58. The third-order valence-corrected chi connectivity index (χ3v) is 8.17. The van der Waals surface area contributed by atoms with E-state index in [1.165, 1.54) is 17.4 Å². The summed E-state index contributed by atoms with van der Waals surface area (Å²) in [4.78, 5) is 43.3. The Balaban J connectivity index is 1.65. The number of benzene rings is 1. The molecule has 3 aromatic rings. The molecule has 2 amide bonds. The summed E-state index contributed by atoms with van der Waals surface area (Å²) in [6.07, 6.45) is -2.12. The Morgan fingerprint density at radius 1 is 1.13 bits per heavy atom. The van der Waals surface area contributed by atoms with E-state index in [1.807, 2.05) is 0 Å². The highest BCUT2D eigenvalue weighted by molar-refractivity contribution is 7.18. The van der Waals surface area contributed by atoms with E-state index in [4.69, 9.17) is 4.74 Å². The number of nitrogens with zero attached hydrogens (tertiary/aromatic N) is 2. The van der Waals surface area contributed by atoms with Crippen molar-refractivity contribution in [3.05, 3.63) is 51.8 Å². The number of thiazole rings is 1. The van der Waals surface area contributed by atoms with Crippen LogP contribution >= 0.6 is 22.7 Å². The fourth-order valence-electron chi connectivity index (χ4n) is 4.39. The molecule has 202 valence electrons. The Kier molecular flexibility index (Phi) is 8.51. The van der Waals surface area contributed by atoms with Crippen molar-refractivity contribution < 1.29 is 32.3 Å². The quantitative estimate of drug-likeness (QED) is 0.325. The molecule has 0 spiro atoms. The first kappa shape index (κ1) is 27.8. The van der Waals surface area contributed by atoms with Crippen molar-refractivity contribution in [2.24, 2.45) is 11.8 Å². The minimum absolute atomic E-state index is 0.0785. The third-order valence-electron chi connectivity index (χ3n) is 6.43. The molecule has 4 rings (SSSR count). The molecule has 1 fully saturated rings. The lowest BCUT2D eigenvalue weighted by molar-refractivity contribution is -0.135. The summed E-state index contributed by atoms with van der Waals surface area (Å²) in [5, 5.41) is 4.34. The molecule has 1 saturated carbocycles. The van der Waals surface area contributed by atoms with Gasteiger partial charge >= 0.3 is 12.1 Å². The maximum absolute atomic E-state index is 13.6. The zero-order valence-electron chi connectivity index (χ0n) is 20.7. The first-order valence-electron chi connectivity index (χ1n) is 12.0. The second-order valence-corrected chi connectivity index (χ2v) is 11.0. The van der Waals surface area contributed by atoms with Crippen molar-refractivity contribution in [1.82, 2.24) is 4.98 Å². The molecule has 0 bridgehead atoms. The molecule has 7 nitrogen and oxygen atoms in total. The first-order valence-corrected chi connectivity index (χ1v) is 13.7. The number of methoxy groups -OCH3 is 1. The van der Waals surface area contributed by atoms with Gasteiger partial charge in [-0.3, -0.25) is 9.59 Å². The van der Waals surface area contributed by atoms with Crippen molar-refractivity contribution in [2.75, 3.05) is 23.9 Å². The third kappa shape index (κ3) is 6.60. The van der Waals surface area contributed by atoms with Gasteiger partial charge in [0.05, 0.1) is 18.3 Å². The van der Waals surface area contributed by atoms with E-state index >= 15 is 0 Å². The molecule has 2 heterocycles. The number of rotatable bonds is 7. The molecule has 0 atom stereocenters. The zero-order chi connectivity index (χ0) is 27.4. The van der Waals surface area contributed by atoms with Crippen LogP contribution < -0.4 is 10.2 Å². The highest BCUT2D eigenvalue weighted by atomic mass is 32.1. The highest BCUT2D eigenvalue weighted by Gasteiger charge is 2.39. The molecule has 0 saturated heterocycles. The van der Waals surface area contributed by atoms with E-state index in [0.29, 0.717) is 39.8 Å². The van der Waals surface area contributed by atoms with Gasteiger partial charge in [-0.15, -0.1) is 22.7 Å². The van der Waals surface area contributed by atoms with Crippen molar-refractivity contribution in [2.45, 2.75) is 38.8 Å². The summed E-state index contributed by atoms with van der Waals surface area (Å²) in [6, 6.07) is 8.05. The number of ether oxygens (including phenoxy) is 1. The molecule has 0 unspecified atom stereocenters. The SMILES string of the molecule is COC(=O)c1sc(-c2ccc(NC(=O)c3cscn3)cc2)cc1N(CC(F)(F)F)C(=O)[C@H]1CC[C@H](C)CC1. The number of amides is 2. The maximum atomic E-state index is 13.6. The molecule has 12 heteroatoms. The van der Waals surface area contributed by atoms with Gasteiger partial charge in [0.25, 0.3) is 5.91 Å². The Hall–Kier alpha value is -3.25. The van der Waals surface area contributed by atoms with Crippen molar-refractivity contribution in [3.63, 3.8) is 0 Å². The summed E-state index contributed by atoms with van der Waals surface area (Å²) < 4.78 is 45.7. The Morgan fingerprint density at radius 3 is 2.39 bits per heavy atom. The standard InChI is InChI=1S/C26H26F3N3O4S2/c1-15-3-5-17(6-4-15)24(34)32(13-26(27,28)29)20-11-21(38-22(20)25(35)36-2)16-7-9-18(10-8-16)31-23(33)19-12-37-14-30-19/h7-12,14-15,17H,3-6,13H2,1-2H3,(H,31,33)/t15-,17-. The number of alkyl halides is 3. The number of aromatic nitrogens is 1. The molecular weight excluding hydrogens is 539 g/mol. The summed E-state index contributed by atoms with van der Waals surface area (Å²) in [5.74, 6) is -1.95. The summed E-state index contributed by atoms with van der Waals surface area (Å²) in [6.45, 7) is 0.560. The van der Waals surface area contributed by atoms with Gasteiger partial charge in [-0.2, -0.15) is 13.2 Å². The average molecular weight is 566 g/mol. The smallest absolute Gasteiger partial charge is 0.406 e. The van der Waals surface area contributed by atoms with Gasteiger partial charge in [0.1, 0.15) is 17.1 Å². The fraction of sp³-hybridized carbons (Fsp3) is 0.385. The van der Waals surface area contributed by atoms with Gasteiger partial charge in [0.2, 0.25) is 5.91 Å². The van der Waals surface area contributed by atoms with Crippen molar-refractivity contribution in [1.29, 1.82) is 0 Å². The normalized spacial score (nSPS) is 17.6. The highest BCUT2D eigenvalue weighted by Crippen LogP contribution is 2.40. The Morgan fingerprint density at radius 2 is 1.82 bits per heavy atom. The van der Waals surface area contributed by atoms with Crippen LogP contribution in [0.15, 0.2) is 41.2 Å². The molecule has 38 heavy (non-hydrogen) atoms. The number of carbonyl (C=O) groups is 3. The van der Waals surface area contributed by atoms with E-state index in [2.05, 4.69) is 17.2 Å². The van der Waals surface area contributed by atoms with Crippen LogP contribution in [0.25, 0.3) is 10.4 Å². The van der Waals surface area contributed by atoms with Crippen LogP contribution in [0.1, 0.15) is 52.8 Å². The van der Waals surface area contributed by atoms with E-state index in [9.17, 15) is 27.6 Å². The van der Waals surface area contributed by atoms with Crippen LogP contribution in [0.2, 0.25) is 0 Å². The number of halogens is 3. The Bertz CT molecular complexity index is 1280. The van der Waals surface area contributed by atoms with Gasteiger partial charge in [0, 0.05) is 21.9 Å². The number of carbonyl (C=O) groups excluding carboxylic acids is 3. The van der Waals surface area contributed by atoms with E-state index < -0.39 is 30.5 Å². The Labute approximate surface area is 225 Å². The number of hydrogen-bond acceptors (Lipinski definition) is 7. The van der Waals surface area contributed by atoms with Crippen LogP contribution in [0.3, 0.4) is 0 Å². The van der Waals surface area contributed by atoms with Crippen LogP contribution in [0.4, 0.5) is 24.5 Å². The lowest BCUT2D eigenvalue weighted by atomic mass is 9.82. The summed E-state index contributed by atoms with van der Waals surface area (Å²) in [7, 11) is 1.14. The largest absolute Gasteiger partial charge is 0.465 e. The molecule has 2 aromatic heterocycles. The van der Waals surface area contributed by atoms with Gasteiger partial charge < -0.3 is 15.0 Å². The number of hydrogen-bond donors (Lipinski definition) is 1. The molecule has 1 aliphatic rings. The van der Waals surface area contributed by atoms with Crippen LogP contribution in [-0.4, -0.2) is 42.6 Å². The predicted molar refractivity (Wildman–Crippen MR) is 141 cm³/mol. The molecule has 0 radical (unpaired) electrons. The molecule has 1 aromatic carbocycles. The van der Waals surface area contributed by atoms with E-state index in [1.54, 1.807) is 35.2 Å². The maximum Gasteiger partial charge on any atom is 0.406 e.